The fourth-order valence-electron chi connectivity index (χ4n) is 0.852. The van der Waals surface area contributed by atoms with Crippen LogP contribution >= 0.6 is 0 Å². The van der Waals surface area contributed by atoms with Crippen LogP contribution < -0.4 is 4.74 Å². The van der Waals surface area contributed by atoms with E-state index < -0.39 is 11.9 Å². The maximum Gasteiger partial charge on any atom is 0.335 e. The lowest BCUT2D eigenvalue weighted by Gasteiger charge is -1.98. The van der Waals surface area contributed by atoms with E-state index in [1.807, 2.05) is 6.07 Å². The number of para-hydroxylation sites is 1. The van der Waals surface area contributed by atoms with Crippen LogP contribution in [0.2, 0.25) is 0 Å². The molecule has 0 fully saturated rings. The molecule has 0 unspecified atom stereocenters. The predicted molar refractivity (Wildman–Crippen MR) is 70.5 cm³/mol. The van der Waals surface area contributed by atoms with Crippen LogP contribution in [0, 0.1) is 0 Å². The first kappa shape index (κ1) is 16.6. The lowest BCUT2D eigenvalue weighted by Crippen LogP contribution is -2.04. The lowest BCUT2D eigenvalue weighted by molar-refractivity contribution is -0.138. The fraction of sp³-hybridized carbons (Fsp3) is 0.143. The molecule has 0 aliphatic rings. The number of ether oxygens (including phenoxy) is 2. The molecule has 0 aromatic heterocycles. The molecule has 1 N–H and O–H groups in total. The van der Waals surface area contributed by atoms with Crippen molar-refractivity contribution < 1.29 is 24.2 Å². The van der Waals surface area contributed by atoms with Crippen LogP contribution in [0.15, 0.2) is 55.6 Å². The molecule has 0 aliphatic carbocycles. The fourth-order valence-corrected chi connectivity index (χ4v) is 0.852. The molecule has 0 amide bonds. The highest BCUT2D eigenvalue weighted by Gasteiger charge is 1.95. The van der Waals surface area contributed by atoms with Crippen molar-refractivity contribution in [2.45, 2.75) is 0 Å². The number of esters is 2. The van der Waals surface area contributed by atoms with Gasteiger partial charge in [-0.05, 0) is 12.1 Å². The molecular weight excluding hydrogens is 248 g/mol. The quantitative estimate of drug-likeness (QED) is 0.495. The Kier molecular flexibility index (Phi) is 9.38. The summed E-state index contributed by atoms with van der Waals surface area (Å²) in [7, 11) is 0. The number of aliphatic hydroxyl groups excluding tert-OH is 1. The second-order valence-electron chi connectivity index (χ2n) is 3.03. The van der Waals surface area contributed by atoms with Gasteiger partial charge < -0.3 is 14.6 Å². The van der Waals surface area contributed by atoms with E-state index in [9.17, 15) is 9.59 Å². The normalized spacial score (nSPS) is 8.47. The minimum absolute atomic E-state index is 0.0465. The van der Waals surface area contributed by atoms with Crippen molar-refractivity contribution in [3.63, 3.8) is 0 Å². The molecule has 5 heteroatoms. The van der Waals surface area contributed by atoms with Gasteiger partial charge in [-0.15, -0.1) is 0 Å². The molecule has 0 saturated carbocycles. The van der Waals surface area contributed by atoms with Crippen LogP contribution in [0.5, 0.6) is 5.75 Å². The van der Waals surface area contributed by atoms with E-state index >= 15 is 0 Å². The highest BCUT2D eigenvalue weighted by atomic mass is 16.5. The summed E-state index contributed by atoms with van der Waals surface area (Å²) >= 11 is 0. The zero-order valence-corrected chi connectivity index (χ0v) is 10.5. The minimum Gasteiger partial charge on any atom is -0.460 e. The highest BCUT2D eigenvalue weighted by Crippen LogP contribution is 2.07. The summed E-state index contributed by atoms with van der Waals surface area (Å²) in [5.74, 6) is -0.396. The Balaban J connectivity index is 0.000000362. The van der Waals surface area contributed by atoms with Gasteiger partial charge in [0.05, 0.1) is 6.61 Å². The largest absolute Gasteiger partial charge is 0.460 e. The summed E-state index contributed by atoms with van der Waals surface area (Å²) < 4.78 is 9.14. The third-order valence-corrected chi connectivity index (χ3v) is 1.63. The van der Waals surface area contributed by atoms with Gasteiger partial charge in [-0.2, -0.15) is 0 Å². The summed E-state index contributed by atoms with van der Waals surface area (Å²) in [6, 6.07) is 8.87. The molecular formula is C14H16O5. The van der Waals surface area contributed by atoms with Gasteiger partial charge >= 0.3 is 11.9 Å². The number of benzene rings is 1. The van der Waals surface area contributed by atoms with Crippen LogP contribution in [-0.2, 0) is 14.3 Å². The van der Waals surface area contributed by atoms with Crippen LogP contribution in [0.4, 0.5) is 0 Å². The summed E-state index contributed by atoms with van der Waals surface area (Å²) in [6.07, 6.45) is 2.18. The van der Waals surface area contributed by atoms with Gasteiger partial charge in [0.15, 0.2) is 0 Å². The van der Waals surface area contributed by atoms with Crippen molar-refractivity contribution in [2.75, 3.05) is 13.2 Å². The average Bonchev–Trinajstić information content (AvgIpc) is 2.46. The van der Waals surface area contributed by atoms with Crippen molar-refractivity contribution in [3.8, 4) is 5.75 Å². The first-order valence-corrected chi connectivity index (χ1v) is 5.43. The SMILES string of the molecule is C=CC(=O)OCCO.C=CC(=O)Oc1ccccc1. The third kappa shape index (κ3) is 9.31. The lowest BCUT2D eigenvalue weighted by atomic mass is 10.3. The van der Waals surface area contributed by atoms with E-state index in [1.165, 1.54) is 0 Å². The molecule has 0 spiro atoms. The number of rotatable bonds is 5. The van der Waals surface area contributed by atoms with E-state index in [0.29, 0.717) is 5.75 Å². The number of hydrogen-bond acceptors (Lipinski definition) is 5. The minimum atomic E-state index is -0.501. The Hall–Kier alpha value is -2.40. The molecule has 0 radical (unpaired) electrons. The van der Waals surface area contributed by atoms with Gasteiger partial charge in [0.2, 0.25) is 0 Å². The van der Waals surface area contributed by atoms with Crippen LogP contribution in [0.3, 0.4) is 0 Å². The molecule has 1 aromatic rings. The molecule has 0 aliphatic heterocycles. The first-order valence-electron chi connectivity index (χ1n) is 5.43. The Morgan fingerprint density at radius 1 is 1.11 bits per heavy atom. The van der Waals surface area contributed by atoms with Crippen molar-refractivity contribution in [1.82, 2.24) is 0 Å². The van der Waals surface area contributed by atoms with Crippen LogP contribution in [-0.4, -0.2) is 30.3 Å². The van der Waals surface area contributed by atoms with Crippen LogP contribution in [0.25, 0.3) is 0 Å². The average molecular weight is 264 g/mol. The second-order valence-corrected chi connectivity index (χ2v) is 3.03. The zero-order chi connectivity index (χ0) is 14.5. The monoisotopic (exact) mass is 264 g/mol. The molecule has 1 rings (SSSR count). The number of aliphatic hydroxyl groups is 1. The van der Waals surface area contributed by atoms with Crippen molar-refractivity contribution in [2.24, 2.45) is 0 Å². The van der Waals surface area contributed by atoms with E-state index in [0.717, 1.165) is 12.2 Å². The standard InChI is InChI=1S/C9H8O2.C5H8O3/c1-2-9(10)11-8-6-4-3-5-7-8;1-2-5(7)8-4-3-6/h2-7H,1H2;2,6H,1,3-4H2. The van der Waals surface area contributed by atoms with Gasteiger partial charge in [0, 0.05) is 12.2 Å². The van der Waals surface area contributed by atoms with E-state index in [2.05, 4.69) is 17.9 Å². The molecule has 0 bridgehead atoms. The van der Waals surface area contributed by atoms with Gasteiger partial charge in [-0.3, -0.25) is 0 Å². The second kappa shape index (κ2) is 10.7. The van der Waals surface area contributed by atoms with Crippen molar-refractivity contribution in [3.05, 3.63) is 55.6 Å². The Bertz CT molecular complexity index is 411. The van der Waals surface area contributed by atoms with E-state index in [-0.39, 0.29) is 13.2 Å². The highest BCUT2D eigenvalue weighted by molar-refractivity contribution is 5.83. The summed E-state index contributed by atoms with van der Waals surface area (Å²) in [6.45, 7) is 6.35. The molecule has 0 heterocycles. The Morgan fingerprint density at radius 2 is 1.68 bits per heavy atom. The van der Waals surface area contributed by atoms with Crippen molar-refractivity contribution >= 4 is 11.9 Å². The van der Waals surface area contributed by atoms with Gasteiger partial charge in [-0.25, -0.2) is 9.59 Å². The maximum atomic E-state index is 10.6. The molecule has 0 atom stereocenters. The maximum absolute atomic E-state index is 10.6. The molecule has 1 aromatic carbocycles. The zero-order valence-electron chi connectivity index (χ0n) is 10.5. The molecule has 5 nitrogen and oxygen atoms in total. The molecule has 19 heavy (non-hydrogen) atoms. The third-order valence-electron chi connectivity index (χ3n) is 1.63. The topological polar surface area (TPSA) is 72.8 Å². The van der Waals surface area contributed by atoms with Gasteiger partial charge in [0.1, 0.15) is 12.4 Å². The summed E-state index contributed by atoms with van der Waals surface area (Å²) in [5, 5.41) is 8.10. The number of carbonyl (C=O) groups is 2. The number of hydrogen-bond donors (Lipinski definition) is 1. The van der Waals surface area contributed by atoms with E-state index in [1.54, 1.807) is 24.3 Å². The van der Waals surface area contributed by atoms with Gasteiger partial charge in [0.25, 0.3) is 0 Å². The molecule has 102 valence electrons. The summed E-state index contributed by atoms with van der Waals surface area (Å²) in [5.41, 5.74) is 0. The molecule has 0 saturated heterocycles. The first-order chi connectivity index (χ1) is 9.13. The van der Waals surface area contributed by atoms with E-state index in [4.69, 9.17) is 9.84 Å². The predicted octanol–water partition coefficient (Wildman–Crippen LogP) is 1.49. The van der Waals surface area contributed by atoms with Gasteiger partial charge in [-0.1, -0.05) is 31.4 Å². The Morgan fingerprint density at radius 3 is 2.16 bits per heavy atom. The number of carbonyl (C=O) groups excluding carboxylic acids is 2. The smallest absolute Gasteiger partial charge is 0.335 e. The van der Waals surface area contributed by atoms with Crippen molar-refractivity contribution in [1.29, 1.82) is 0 Å². The Labute approximate surface area is 111 Å². The summed E-state index contributed by atoms with van der Waals surface area (Å²) in [4.78, 5) is 20.8. The van der Waals surface area contributed by atoms with Crippen LogP contribution in [0.1, 0.15) is 0 Å².